The van der Waals surface area contributed by atoms with E-state index in [2.05, 4.69) is 57.2 Å². The van der Waals surface area contributed by atoms with Crippen LogP contribution >= 0.6 is 0 Å². The van der Waals surface area contributed by atoms with Gasteiger partial charge in [-0.15, -0.1) is 0 Å². The standard InChI is InChI=1S/C58H100O6/c1-4-7-10-13-16-19-22-25-27-29-31-33-36-39-42-45-48-51-57(60)63-54-55(53-62-56(59)50-47-44-41-38-35-32-24-21-18-15-12-9-6-3)64-58(61)52-49-46-43-40-37-34-30-28-26-23-20-17-14-11-8-5-2/h9,12,15,18,21,24,28,30,32,34-35,37,55H,4-8,10-11,13-14,16-17,19-20,22-23,25-27,29,31,33,36,38-54H2,1-3H3/b12-9+,18-15+,24-21+,30-28+,35-32+,37-34+. The molecule has 0 saturated carbocycles. The summed E-state index contributed by atoms with van der Waals surface area (Å²) >= 11 is 0. The van der Waals surface area contributed by atoms with Crippen LogP contribution in [0.15, 0.2) is 72.9 Å². The van der Waals surface area contributed by atoms with E-state index in [4.69, 9.17) is 14.2 Å². The van der Waals surface area contributed by atoms with Crippen molar-refractivity contribution in [3.63, 3.8) is 0 Å². The Bertz CT molecular complexity index is 1210. The molecule has 368 valence electrons. The molecule has 0 spiro atoms. The molecule has 0 aromatic rings. The van der Waals surface area contributed by atoms with E-state index in [9.17, 15) is 14.4 Å². The Morgan fingerprint density at radius 2 is 0.609 bits per heavy atom. The molecule has 0 saturated heterocycles. The van der Waals surface area contributed by atoms with Crippen molar-refractivity contribution >= 4 is 17.9 Å². The Balaban J connectivity index is 4.44. The Hall–Kier alpha value is -3.15. The van der Waals surface area contributed by atoms with Gasteiger partial charge in [-0.2, -0.15) is 0 Å². The highest BCUT2D eigenvalue weighted by Crippen LogP contribution is 2.15. The van der Waals surface area contributed by atoms with E-state index in [0.29, 0.717) is 12.8 Å². The molecule has 0 bridgehead atoms. The Morgan fingerprint density at radius 1 is 0.328 bits per heavy atom. The lowest BCUT2D eigenvalue weighted by molar-refractivity contribution is -0.167. The van der Waals surface area contributed by atoms with Gasteiger partial charge in [0.05, 0.1) is 0 Å². The molecular weight excluding hydrogens is 793 g/mol. The van der Waals surface area contributed by atoms with E-state index in [1.54, 1.807) is 0 Å². The third-order valence-corrected chi connectivity index (χ3v) is 11.6. The first-order chi connectivity index (χ1) is 31.5. The average Bonchev–Trinajstić information content (AvgIpc) is 3.29. The summed E-state index contributed by atoms with van der Waals surface area (Å²) in [5.41, 5.74) is 0. The molecule has 1 atom stereocenters. The number of esters is 3. The van der Waals surface area contributed by atoms with Crippen LogP contribution < -0.4 is 0 Å². The molecule has 0 fully saturated rings. The van der Waals surface area contributed by atoms with Crippen LogP contribution in [0, 0.1) is 0 Å². The van der Waals surface area contributed by atoms with Crippen molar-refractivity contribution in [2.75, 3.05) is 13.2 Å². The summed E-state index contributed by atoms with van der Waals surface area (Å²) in [5, 5.41) is 0. The highest BCUT2D eigenvalue weighted by atomic mass is 16.6. The molecule has 0 amide bonds. The predicted molar refractivity (Wildman–Crippen MR) is 274 cm³/mol. The van der Waals surface area contributed by atoms with E-state index in [-0.39, 0.29) is 37.5 Å². The molecule has 0 radical (unpaired) electrons. The van der Waals surface area contributed by atoms with Crippen molar-refractivity contribution in [3.05, 3.63) is 72.9 Å². The van der Waals surface area contributed by atoms with Crippen LogP contribution in [0.1, 0.15) is 258 Å². The number of allylic oxidation sites excluding steroid dienone is 12. The topological polar surface area (TPSA) is 78.9 Å². The van der Waals surface area contributed by atoms with Crippen LogP contribution in [0.4, 0.5) is 0 Å². The van der Waals surface area contributed by atoms with Gasteiger partial charge < -0.3 is 14.2 Å². The quantitative estimate of drug-likeness (QED) is 0.0262. The van der Waals surface area contributed by atoms with Crippen LogP contribution in [0.25, 0.3) is 0 Å². The fraction of sp³-hybridized carbons (Fsp3) is 0.741. The van der Waals surface area contributed by atoms with E-state index in [1.807, 2.05) is 36.5 Å². The highest BCUT2D eigenvalue weighted by Gasteiger charge is 2.19. The predicted octanol–water partition coefficient (Wildman–Crippen LogP) is 17.8. The first-order valence-corrected chi connectivity index (χ1v) is 27.0. The van der Waals surface area contributed by atoms with E-state index < -0.39 is 6.10 Å². The minimum atomic E-state index is -0.803. The molecular formula is C58H100O6. The lowest BCUT2D eigenvalue weighted by atomic mass is 10.0. The maximum atomic E-state index is 12.8. The number of hydrogen-bond donors (Lipinski definition) is 0. The van der Waals surface area contributed by atoms with Gasteiger partial charge in [-0.3, -0.25) is 14.4 Å². The number of unbranched alkanes of at least 4 members (excludes halogenated alkanes) is 29. The Kier molecular flexibility index (Phi) is 49.9. The van der Waals surface area contributed by atoms with E-state index >= 15 is 0 Å². The summed E-state index contributed by atoms with van der Waals surface area (Å²) in [6, 6.07) is 0. The number of rotatable bonds is 48. The van der Waals surface area contributed by atoms with Gasteiger partial charge in [-0.05, 0) is 64.2 Å². The second-order valence-electron chi connectivity index (χ2n) is 17.9. The summed E-state index contributed by atoms with van der Waals surface area (Å²) in [6.45, 7) is 6.45. The second-order valence-corrected chi connectivity index (χ2v) is 17.9. The first-order valence-electron chi connectivity index (χ1n) is 27.0. The Morgan fingerprint density at radius 3 is 0.984 bits per heavy atom. The van der Waals surface area contributed by atoms with Gasteiger partial charge >= 0.3 is 17.9 Å². The van der Waals surface area contributed by atoms with Crippen LogP contribution in [0.2, 0.25) is 0 Å². The van der Waals surface area contributed by atoms with Crippen LogP contribution in [-0.2, 0) is 28.6 Å². The summed E-state index contributed by atoms with van der Waals surface area (Å²) in [4.78, 5) is 38.0. The monoisotopic (exact) mass is 893 g/mol. The summed E-state index contributed by atoms with van der Waals surface area (Å²) in [7, 11) is 0. The molecule has 0 aromatic heterocycles. The normalized spacial score (nSPS) is 12.6. The largest absolute Gasteiger partial charge is 0.462 e. The summed E-state index contributed by atoms with van der Waals surface area (Å²) < 4.78 is 16.8. The smallest absolute Gasteiger partial charge is 0.306 e. The van der Waals surface area contributed by atoms with Crippen LogP contribution in [0.5, 0.6) is 0 Å². The van der Waals surface area contributed by atoms with Crippen LogP contribution in [0.3, 0.4) is 0 Å². The number of carbonyl (C=O) groups is 3. The SMILES string of the molecule is CC/C=C/C=C/C=C/C=C/CCCCCC(=O)OCC(COC(=O)CCCCCCCCCCCCCCCCCCC)OC(=O)CCCCC/C=C/C=C/CCCCCCCCC. The molecule has 1 unspecified atom stereocenters. The van der Waals surface area contributed by atoms with E-state index in [1.165, 1.54) is 135 Å². The molecule has 0 aromatic carbocycles. The minimum absolute atomic E-state index is 0.0971. The summed E-state index contributed by atoms with van der Waals surface area (Å²) in [5.74, 6) is -0.959. The van der Waals surface area contributed by atoms with Crippen molar-refractivity contribution in [1.82, 2.24) is 0 Å². The number of hydrogen-bond acceptors (Lipinski definition) is 6. The molecule has 0 aliphatic rings. The molecule has 0 N–H and O–H groups in total. The van der Waals surface area contributed by atoms with Gasteiger partial charge in [0, 0.05) is 19.3 Å². The fourth-order valence-electron chi connectivity index (χ4n) is 7.50. The first kappa shape index (κ1) is 60.9. The zero-order valence-corrected chi connectivity index (χ0v) is 42.0. The molecule has 0 aliphatic heterocycles. The minimum Gasteiger partial charge on any atom is -0.462 e. The Labute approximate surface area is 395 Å². The van der Waals surface area contributed by atoms with Crippen LogP contribution in [-0.4, -0.2) is 37.2 Å². The summed E-state index contributed by atoms with van der Waals surface area (Å²) in [6.07, 6.45) is 66.1. The third kappa shape index (κ3) is 49.9. The third-order valence-electron chi connectivity index (χ3n) is 11.6. The van der Waals surface area contributed by atoms with Gasteiger partial charge in [0.25, 0.3) is 0 Å². The maximum Gasteiger partial charge on any atom is 0.306 e. The van der Waals surface area contributed by atoms with E-state index in [0.717, 1.165) is 83.5 Å². The van der Waals surface area contributed by atoms with Gasteiger partial charge in [-0.1, -0.05) is 248 Å². The van der Waals surface area contributed by atoms with Crippen molar-refractivity contribution in [2.24, 2.45) is 0 Å². The molecule has 6 heteroatoms. The lowest BCUT2D eigenvalue weighted by Crippen LogP contribution is -2.30. The van der Waals surface area contributed by atoms with Crippen molar-refractivity contribution < 1.29 is 28.6 Å². The number of ether oxygens (including phenoxy) is 3. The van der Waals surface area contributed by atoms with Gasteiger partial charge in [0.15, 0.2) is 6.10 Å². The maximum absolute atomic E-state index is 12.8. The zero-order chi connectivity index (χ0) is 46.5. The molecule has 0 aliphatic carbocycles. The average molecular weight is 893 g/mol. The molecule has 0 rings (SSSR count). The van der Waals surface area contributed by atoms with Crippen molar-refractivity contribution in [3.8, 4) is 0 Å². The number of carbonyl (C=O) groups excluding carboxylic acids is 3. The van der Waals surface area contributed by atoms with Gasteiger partial charge in [0.2, 0.25) is 0 Å². The van der Waals surface area contributed by atoms with Crippen molar-refractivity contribution in [1.29, 1.82) is 0 Å². The van der Waals surface area contributed by atoms with Gasteiger partial charge in [0.1, 0.15) is 13.2 Å². The van der Waals surface area contributed by atoms with Gasteiger partial charge in [-0.25, -0.2) is 0 Å². The highest BCUT2D eigenvalue weighted by molar-refractivity contribution is 5.71. The molecule has 64 heavy (non-hydrogen) atoms. The molecule has 6 nitrogen and oxygen atoms in total. The van der Waals surface area contributed by atoms with Crippen molar-refractivity contribution in [2.45, 2.75) is 264 Å². The zero-order valence-electron chi connectivity index (χ0n) is 42.0. The lowest BCUT2D eigenvalue weighted by Gasteiger charge is -2.18. The fourth-order valence-corrected chi connectivity index (χ4v) is 7.50. The second kappa shape index (κ2) is 52.5. The molecule has 0 heterocycles.